The predicted molar refractivity (Wildman–Crippen MR) is 228 cm³/mol. The van der Waals surface area contributed by atoms with E-state index in [9.17, 15) is 40.8 Å². The number of nitrogens with zero attached hydrogens (tertiary/aromatic N) is 2. The minimum atomic E-state index is -4.08. The van der Waals surface area contributed by atoms with Gasteiger partial charge in [-0.1, -0.05) is 46.3 Å². The molecule has 1 aromatic carbocycles. The first-order chi connectivity index (χ1) is 28.5. The Balaban J connectivity index is 0.00000278. The summed E-state index contributed by atoms with van der Waals surface area (Å²) in [5, 5.41) is 6.11. The molecule has 14 nitrogen and oxygen atoms in total. The van der Waals surface area contributed by atoms with E-state index in [1.54, 1.807) is 6.08 Å². The number of aromatic nitrogens is 1. The third-order valence-corrected chi connectivity index (χ3v) is 14.7. The van der Waals surface area contributed by atoms with Crippen molar-refractivity contribution in [1.82, 2.24) is 25.2 Å². The molecule has 2 aromatic rings. The Kier molecular flexibility index (Phi) is 14.0. The van der Waals surface area contributed by atoms with Crippen LogP contribution < -0.4 is 24.8 Å². The van der Waals surface area contributed by atoms with Gasteiger partial charge in [0.2, 0.25) is 27.7 Å². The summed E-state index contributed by atoms with van der Waals surface area (Å²) in [5.74, 6) is -7.18. The van der Waals surface area contributed by atoms with E-state index in [4.69, 9.17) is 14.2 Å². The van der Waals surface area contributed by atoms with Crippen molar-refractivity contribution in [3.63, 3.8) is 0 Å². The number of carbonyl (C=O) groups is 4. The van der Waals surface area contributed by atoms with Crippen molar-refractivity contribution in [3.05, 3.63) is 42.4 Å². The molecular formula is C43H66F3N5O9S. The molecule has 2 saturated carbocycles. The Hall–Kier alpha value is -4.61. The average molecular weight is 886 g/mol. The molecule has 2 aliphatic carbocycles. The second-order valence-corrected chi connectivity index (χ2v) is 19.6. The van der Waals surface area contributed by atoms with Crippen molar-refractivity contribution >= 4 is 44.6 Å². The number of amides is 4. The molecule has 4 aliphatic rings. The molecule has 0 spiro atoms. The van der Waals surface area contributed by atoms with E-state index >= 15 is 0 Å². The fraction of sp³-hybridized carbons (Fsp3) is 0.651. The molecule has 1 aromatic heterocycles. The molecule has 61 heavy (non-hydrogen) atoms. The first-order valence-electron chi connectivity index (χ1n) is 21.1. The summed E-state index contributed by atoms with van der Waals surface area (Å²) in [6.07, 6.45) is 5.57. The lowest BCUT2D eigenvalue weighted by atomic mass is 9.85. The zero-order valence-electron chi connectivity index (χ0n) is 36.4. The van der Waals surface area contributed by atoms with Crippen LogP contribution in [-0.2, 0) is 29.1 Å². The van der Waals surface area contributed by atoms with Crippen molar-refractivity contribution in [2.45, 2.75) is 147 Å². The standard InChI is InChI=1S/C41H54F3N5O9S.C2H6.3H2/c1-8-24-17-23(2)11-9-10-12-25-20-41(25,36(52)48-59(54,55)39(5)15-16-39)47-33(50)30-19-27(57-34-29-18-26(42)13-14-28(29)31(56-7)21-45-34)22-49(30)35(51)32(24)46-37(53)58-38(3,4)40(6,43)44;1-2;;;/h10,12-14,18,21,23-25,27,30,32H,8-9,11,15-17,19-20,22H2,1-7H3,(H,46,53)(H,47,50)(H,48,52);1-2H3;3*1H/b12-10-;;;;/t23-,24-,25-,27-,30+,32+,41-;;;;/m1..../s1. The molecule has 3 N–H and O–H groups in total. The van der Waals surface area contributed by atoms with Crippen molar-refractivity contribution in [2.24, 2.45) is 17.8 Å². The number of carbonyl (C=O) groups excluding carboxylic acids is 4. The van der Waals surface area contributed by atoms with E-state index in [1.165, 1.54) is 43.3 Å². The number of rotatable bonds is 10. The number of halogens is 3. The van der Waals surface area contributed by atoms with Gasteiger partial charge in [0.1, 0.15) is 35.3 Å². The molecule has 3 fully saturated rings. The molecule has 1 saturated heterocycles. The van der Waals surface area contributed by atoms with Gasteiger partial charge in [-0.15, -0.1) is 0 Å². The van der Waals surface area contributed by atoms with E-state index in [0.717, 1.165) is 13.8 Å². The Labute approximate surface area is 360 Å². The first kappa shape index (κ1) is 47.4. The predicted octanol–water partition coefficient (Wildman–Crippen LogP) is 7.30. The van der Waals surface area contributed by atoms with Crippen molar-refractivity contribution in [3.8, 4) is 11.6 Å². The maximum atomic E-state index is 15.0. The Morgan fingerprint density at radius 1 is 1.11 bits per heavy atom. The van der Waals surface area contributed by atoms with Gasteiger partial charge in [0.25, 0.3) is 11.8 Å². The van der Waals surface area contributed by atoms with Crippen LogP contribution in [0, 0.1) is 23.6 Å². The summed E-state index contributed by atoms with van der Waals surface area (Å²) in [6.45, 7) is 11.8. The molecule has 0 radical (unpaired) electrons. The van der Waals surface area contributed by atoms with E-state index in [0.29, 0.717) is 56.6 Å². The van der Waals surface area contributed by atoms with Gasteiger partial charge >= 0.3 is 6.09 Å². The number of pyridine rings is 1. The number of allylic oxidation sites excluding steroid dienone is 1. The van der Waals surface area contributed by atoms with Gasteiger partial charge in [-0.2, -0.15) is 0 Å². The molecule has 0 bridgehead atoms. The number of ether oxygens (including phenoxy) is 3. The van der Waals surface area contributed by atoms with Gasteiger partial charge < -0.3 is 29.7 Å². The molecule has 3 heterocycles. The zero-order valence-corrected chi connectivity index (χ0v) is 37.2. The van der Waals surface area contributed by atoms with Gasteiger partial charge in [0, 0.05) is 28.9 Å². The monoisotopic (exact) mass is 885 g/mol. The first-order valence-corrected chi connectivity index (χ1v) is 22.5. The number of hydrogen-bond acceptors (Lipinski definition) is 10. The third kappa shape index (κ3) is 10.0. The van der Waals surface area contributed by atoms with Crippen LogP contribution in [0.5, 0.6) is 11.6 Å². The van der Waals surface area contributed by atoms with E-state index in [-0.39, 0.29) is 40.9 Å². The Morgan fingerprint density at radius 2 is 1.80 bits per heavy atom. The van der Waals surface area contributed by atoms with Gasteiger partial charge in [-0.25, -0.2) is 31.4 Å². The molecule has 344 valence electrons. The summed E-state index contributed by atoms with van der Waals surface area (Å²) in [7, 11) is -2.65. The molecular weight excluding hydrogens is 820 g/mol. The maximum absolute atomic E-state index is 15.0. The van der Waals surface area contributed by atoms with Gasteiger partial charge in [0.15, 0.2) is 5.60 Å². The van der Waals surface area contributed by atoms with Crippen LogP contribution in [0.2, 0.25) is 0 Å². The minimum absolute atomic E-state index is 0. The van der Waals surface area contributed by atoms with Crippen LogP contribution in [0.3, 0.4) is 0 Å². The van der Waals surface area contributed by atoms with Gasteiger partial charge in [-0.3, -0.25) is 19.1 Å². The number of nitrogens with one attached hydrogen (secondary N) is 3. The number of alkyl halides is 2. The summed E-state index contributed by atoms with van der Waals surface area (Å²) < 4.78 is 87.9. The highest BCUT2D eigenvalue weighted by molar-refractivity contribution is 7.91. The number of methoxy groups -OCH3 is 1. The number of hydrogen-bond donors (Lipinski definition) is 3. The second kappa shape index (κ2) is 18.0. The summed E-state index contributed by atoms with van der Waals surface area (Å²) >= 11 is 0. The highest BCUT2D eigenvalue weighted by Gasteiger charge is 2.63. The van der Waals surface area contributed by atoms with Crippen molar-refractivity contribution < 1.29 is 59.3 Å². The molecule has 6 rings (SSSR count). The van der Waals surface area contributed by atoms with E-state index < -0.39 is 91.5 Å². The summed E-state index contributed by atoms with van der Waals surface area (Å²) in [4.78, 5) is 62.4. The maximum Gasteiger partial charge on any atom is 0.408 e. The van der Waals surface area contributed by atoms with Crippen molar-refractivity contribution in [1.29, 1.82) is 0 Å². The Bertz CT molecular complexity index is 2140. The average Bonchev–Trinajstić information content (AvgIpc) is 4.07. The number of fused-ring (bicyclic) bond motifs is 3. The Morgan fingerprint density at radius 3 is 2.43 bits per heavy atom. The zero-order chi connectivity index (χ0) is 45.3. The highest BCUT2D eigenvalue weighted by atomic mass is 32.2. The smallest absolute Gasteiger partial charge is 0.408 e. The number of benzene rings is 1. The van der Waals surface area contributed by atoms with Crippen LogP contribution >= 0.6 is 0 Å². The normalized spacial score (nSPS) is 28.3. The van der Waals surface area contributed by atoms with E-state index in [1.807, 2.05) is 33.8 Å². The number of alkyl carbamates (subject to hydrolysis) is 1. The largest absolute Gasteiger partial charge is 0.494 e. The van der Waals surface area contributed by atoms with Gasteiger partial charge in [0.05, 0.1) is 30.0 Å². The van der Waals surface area contributed by atoms with E-state index in [2.05, 4.69) is 20.3 Å². The quantitative estimate of drug-likeness (QED) is 0.205. The van der Waals surface area contributed by atoms with Crippen LogP contribution in [-0.4, -0.2) is 95.8 Å². The fourth-order valence-corrected chi connectivity index (χ4v) is 9.18. The lowest BCUT2D eigenvalue weighted by Gasteiger charge is -2.35. The molecule has 4 amide bonds. The van der Waals surface area contributed by atoms with Crippen LogP contribution in [0.1, 0.15) is 111 Å². The summed E-state index contributed by atoms with van der Waals surface area (Å²) in [6, 6.07) is 1.27. The summed E-state index contributed by atoms with van der Waals surface area (Å²) in [5.41, 5.74) is -3.90. The fourth-order valence-electron chi connectivity index (χ4n) is 7.87. The molecule has 7 atom stereocenters. The topological polar surface area (TPSA) is 182 Å². The molecule has 2 aliphatic heterocycles. The minimum Gasteiger partial charge on any atom is -0.494 e. The molecule has 0 unspecified atom stereocenters. The highest BCUT2D eigenvalue weighted by Crippen LogP contribution is 2.48. The SMILES string of the molecule is CC.CC[C@@H]1C[C@H](C)CC/C=C\[C@@H]2C[C@@]2(C(=O)NS(=O)(=O)C2(C)CC2)NC(=O)[C@@H]2C[C@@H](Oc3ncc(OC)c4ccc(F)cc34)CN2C(=O)[C@H]1NC(=O)OC(C)(C)C(C)(F)F.[HH].[HH].[HH]. The van der Waals surface area contributed by atoms with Crippen molar-refractivity contribution in [2.75, 3.05) is 13.7 Å². The molecule has 18 heteroatoms. The second-order valence-electron chi connectivity index (χ2n) is 17.4. The lowest BCUT2D eigenvalue weighted by molar-refractivity contribution is -0.152. The van der Waals surface area contributed by atoms with Crippen LogP contribution in [0.15, 0.2) is 36.5 Å². The van der Waals surface area contributed by atoms with Gasteiger partial charge in [-0.05, 0) is 89.3 Å². The lowest BCUT2D eigenvalue weighted by Crippen LogP contribution is -2.60. The van der Waals surface area contributed by atoms with Crippen LogP contribution in [0.4, 0.5) is 18.0 Å². The van der Waals surface area contributed by atoms with Crippen LogP contribution in [0.25, 0.3) is 10.8 Å². The third-order valence-electron chi connectivity index (χ3n) is 12.6. The number of sulfonamides is 1.